The van der Waals surface area contributed by atoms with Gasteiger partial charge in [-0.05, 0) is 20.8 Å². The van der Waals surface area contributed by atoms with Crippen molar-refractivity contribution in [3.05, 3.63) is 0 Å². The van der Waals surface area contributed by atoms with E-state index in [9.17, 15) is 0 Å². The van der Waals surface area contributed by atoms with Crippen LogP contribution < -0.4 is 5.32 Å². The number of hydrogen-bond donors (Lipinski definition) is 2. The van der Waals surface area contributed by atoms with Crippen LogP contribution in [0.15, 0.2) is 0 Å². The van der Waals surface area contributed by atoms with E-state index in [0.717, 1.165) is 0 Å². The highest BCUT2D eigenvalue weighted by atomic mass is 16.5. The molecule has 56 valence electrons. The molecule has 3 nitrogen and oxygen atoms in total. The van der Waals surface area contributed by atoms with E-state index in [0.29, 0.717) is 6.61 Å². The molecule has 0 aliphatic heterocycles. The minimum absolute atomic E-state index is 0.0602. The van der Waals surface area contributed by atoms with Crippen LogP contribution in [0, 0.1) is 0 Å². The molecule has 0 saturated carbocycles. The van der Waals surface area contributed by atoms with Gasteiger partial charge in [0.2, 0.25) is 0 Å². The Kier molecular flexibility index (Phi) is 4.67. The van der Waals surface area contributed by atoms with Crippen molar-refractivity contribution in [1.82, 2.24) is 5.32 Å². The van der Waals surface area contributed by atoms with Crippen LogP contribution in [0.3, 0.4) is 0 Å². The summed E-state index contributed by atoms with van der Waals surface area (Å²) >= 11 is 0. The molecule has 2 atom stereocenters. The lowest BCUT2D eigenvalue weighted by molar-refractivity contribution is 0.00707. The Morgan fingerprint density at radius 3 is 2.44 bits per heavy atom. The van der Waals surface area contributed by atoms with Crippen molar-refractivity contribution in [2.45, 2.75) is 33.2 Å². The van der Waals surface area contributed by atoms with Crippen LogP contribution in [0.1, 0.15) is 20.8 Å². The first-order valence-corrected chi connectivity index (χ1v) is 3.22. The molecule has 3 heteroatoms. The largest absolute Gasteiger partial charge is 0.379 e. The molecular formula is C6H15NO2. The minimum Gasteiger partial charge on any atom is -0.379 e. The molecule has 0 heterocycles. The maximum Gasteiger partial charge on any atom is 0.107 e. The fourth-order valence-corrected chi connectivity index (χ4v) is 0.638. The number of hydrogen-bond acceptors (Lipinski definition) is 3. The highest BCUT2D eigenvalue weighted by Gasteiger charge is 2.00. The van der Waals surface area contributed by atoms with Crippen LogP contribution in [0.4, 0.5) is 0 Å². The van der Waals surface area contributed by atoms with Crippen LogP contribution >= 0.6 is 0 Å². The van der Waals surface area contributed by atoms with Crippen LogP contribution in [-0.2, 0) is 4.74 Å². The summed E-state index contributed by atoms with van der Waals surface area (Å²) in [7, 11) is 0. The van der Waals surface area contributed by atoms with Crippen molar-refractivity contribution in [2.24, 2.45) is 0 Å². The Morgan fingerprint density at radius 2 is 2.11 bits per heavy atom. The van der Waals surface area contributed by atoms with Gasteiger partial charge < -0.3 is 9.84 Å². The highest BCUT2D eigenvalue weighted by molar-refractivity contribution is 4.46. The van der Waals surface area contributed by atoms with Gasteiger partial charge in [-0.15, -0.1) is 0 Å². The summed E-state index contributed by atoms with van der Waals surface area (Å²) in [6, 6.07) is 0. The molecular weight excluding hydrogens is 118 g/mol. The number of rotatable bonds is 4. The summed E-state index contributed by atoms with van der Waals surface area (Å²) < 4.78 is 5.08. The van der Waals surface area contributed by atoms with Crippen molar-refractivity contribution < 1.29 is 9.84 Å². The zero-order valence-electron chi connectivity index (χ0n) is 6.22. The molecule has 0 amide bonds. The zero-order chi connectivity index (χ0) is 7.28. The molecule has 0 aromatic heterocycles. The Morgan fingerprint density at radius 1 is 1.56 bits per heavy atom. The smallest absolute Gasteiger partial charge is 0.107 e. The van der Waals surface area contributed by atoms with Gasteiger partial charge in [0, 0.05) is 6.61 Å². The number of aliphatic hydroxyl groups is 1. The summed E-state index contributed by atoms with van der Waals surface area (Å²) in [6.07, 6.45) is -0.554. The molecule has 0 spiro atoms. The van der Waals surface area contributed by atoms with Gasteiger partial charge in [-0.25, -0.2) is 0 Å². The predicted octanol–water partition coefficient (Wildman–Crippen LogP) is 0.297. The van der Waals surface area contributed by atoms with Gasteiger partial charge in [0.15, 0.2) is 0 Å². The first-order chi connectivity index (χ1) is 4.16. The average Bonchev–Trinajstić information content (AvgIpc) is 1.63. The molecule has 2 unspecified atom stereocenters. The van der Waals surface area contributed by atoms with Crippen molar-refractivity contribution in [3.63, 3.8) is 0 Å². The number of nitrogens with one attached hydrogen (secondary N) is 1. The molecule has 0 rings (SSSR count). The Bertz CT molecular complexity index is 66.1. The van der Waals surface area contributed by atoms with E-state index in [1.807, 2.05) is 13.8 Å². The van der Waals surface area contributed by atoms with E-state index in [1.54, 1.807) is 6.92 Å². The predicted molar refractivity (Wildman–Crippen MR) is 35.9 cm³/mol. The summed E-state index contributed by atoms with van der Waals surface area (Å²) in [4.78, 5) is 0. The molecule has 0 bridgehead atoms. The van der Waals surface area contributed by atoms with Gasteiger partial charge >= 0.3 is 0 Å². The minimum atomic E-state index is -0.494. The van der Waals surface area contributed by atoms with Gasteiger partial charge in [0.05, 0.1) is 0 Å². The van der Waals surface area contributed by atoms with Crippen LogP contribution in [0.25, 0.3) is 0 Å². The van der Waals surface area contributed by atoms with Crippen LogP contribution in [0.2, 0.25) is 0 Å². The third kappa shape index (κ3) is 5.76. The van der Waals surface area contributed by atoms with E-state index >= 15 is 0 Å². The van der Waals surface area contributed by atoms with Gasteiger partial charge in [0.25, 0.3) is 0 Å². The van der Waals surface area contributed by atoms with E-state index in [4.69, 9.17) is 9.84 Å². The second kappa shape index (κ2) is 4.73. The van der Waals surface area contributed by atoms with Crippen molar-refractivity contribution >= 4 is 0 Å². The lowest BCUT2D eigenvalue weighted by Crippen LogP contribution is -2.35. The lowest BCUT2D eigenvalue weighted by atomic mass is 10.5. The van der Waals surface area contributed by atoms with Gasteiger partial charge in [-0.3, -0.25) is 5.32 Å². The SMILES string of the molecule is CCOC(C)NC(C)O. The average molecular weight is 133 g/mol. The zero-order valence-corrected chi connectivity index (χ0v) is 6.22. The fourth-order valence-electron chi connectivity index (χ4n) is 0.638. The Balaban J connectivity index is 3.15. The van der Waals surface area contributed by atoms with Crippen molar-refractivity contribution in [1.29, 1.82) is 0 Å². The molecule has 0 radical (unpaired) electrons. The second-order valence-corrected chi connectivity index (χ2v) is 1.94. The normalized spacial score (nSPS) is 17.3. The standard InChI is InChI=1S/C6H15NO2/c1-4-9-6(3)7-5(2)8/h5-8H,4H2,1-3H3. The maximum atomic E-state index is 8.76. The van der Waals surface area contributed by atoms with Gasteiger partial charge in [-0.2, -0.15) is 0 Å². The van der Waals surface area contributed by atoms with Crippen LogP contribution in [-0.4, -0.2) is 24.2 Å². The number of ether oxygens (including phenoxy) is 1. The third-order valence-electron chi connectivity index (χ3n) is 0.893. The molecule has 2 N–H and O–H groups in total. The molecule has 9 heavy (non-hydrogen) atoms. The Labute approximate surface area is 56.0 Å². The maximum absolute atomic E-state index is 8.76. The quantitative estimate of drug-likeness (QED) is 0.542. The van der Waals surface area contributed by atoms with E-state index in [1.165, 1.54) is 0 Å². The first kappa shape index (κ1) is 8.88. The summed E-state index contributed by atoms with van der Waals surface area (Å²) in [5, 5.41) is 11.5. The molecule has 0 aromatic carbocycles. The van der Waals surface area contributed by atoms with Crippen molar-refractivity contribution in [2.75, 3.05) is 6.61 Å². The fraction of sp³-hybridized carbons (Fsp3) is 1.00. The highest BCUT2D eigenvalue weighted by Crippen LogP contribution is 1.85. The van der Waals surface area contributed by atoms with Gasteiger partial charge in [-0.1, -0.05) is 0 Å². The van der Waals surface area contributed by atoms with E-state index < -0.39 is 6.23 Å². The molecule has 0 fully saturated rings. The van der Waals surface area contributed by atoms with E-state index in [2.05, 4.69) is 5.32 Å². The first-order valence-electron chi connectivity index (χ1n) is 3.22. The summed E-state index contributed by atoms with van der Waals surface area (Å²) in [6.45, 7) is 6.10. The summed E-state index contributed by atoms with van der Waals surface area (Å²) in [5.41, 5.74) is 0. The second-order valence-electron chi connectivity index (χ2n) is 1.94. The third-order valence-corrected chi connectivity index (χ3v) is 0.893. The lowest BCUT2D eigenvalue weighted by Gasteiger charge is -2.15. The monoisotopic (exact) mass is 133 g/mol. The van der Waals surface area contributed by atoms with Crippen LogP contribution in [0.5, 0.6) is 0 Å². The molecule has 0 aliphatic carbocycles. The van der Waals surface area contributed by atoms with Crippen molar-refractivity contribution in [3.8, 4) is 0 Å². The molecule has 0 aromatic rings. The van der Waals surface area contributed by atoms with Gasteiger partial charge in [0.1, 0.15) is 12.5 Å². The molecule has 0 saturated heterocycles. The number of aliphatic hydroxyl groups excluding tert-OH is 1. The van der Waals surface area contributed by atoms with E-state index in [-0.39, 0.29) is 6.23 Å². The Hall–Kier alpha value is -0.120. The topological polar surface area (TPSA) is 41.5 Å². The summed E-state index contributed by atoms with van der Waals surface area (Å²) in [5.74, 6) is 0. The molecule has 0 aliphatic rings.